The summed E-state index contributed by atoms with van der Waals surface area (Å²) in [7, 11) is 1.57. The number of hydrogen-bond donors (Lipinski definition) is 1. The fraction of sp³-hybridized carbons (Fsp3) is 0.176. The zero-order valence-electron chi connectivity index (χ0n) is 11.9. The normalized spacial score (nSPS) is 20.6. The van der Waals surface area contributed by atoms with Gasteiger partial charge in [-0.15, -0.1) is 0 Å². The summed E-state index contributed by atoms with van der Waals surface area (Å²) in [4.78, 5) is 25.7. The Balaban J connectivity index is 2.18. The lowest BCUT2D eigenvalue weighted by atomic mass is 9.80. The monoisotopic (exact) mass is 299 g/mol. The van der Waals surface area contributed by atoms with Gasteiger partial charge in [0, 0.05) is 12.6 Å². The van der Waals surface area contributed by atoms with Crippen molar-refractivity contribution in [2.75, 3.05) is 7.05 Å². The molecule has 0 saturated carbocycles. The Hall–Kier alpha value is -2.69. The molecular weight excluding hydrogens is 285 g/mol. The zero-order chi connectivity index (χ0) is 15.9. The van der Waals surface area contributed by atoms with Gasteiger partial charge in [0.25, 0.3) is 5.91 Å². The van der Waals surface area contributed by atoms with Crippen LogP contribution in [0, 0.1) is 5.82 Å². The summed E-state index contributed by atoms with van der Waals surface area (Å²) in [6.45, 7) is 0. The average molecular weight is 299 g/mol. The van der Waals surface area contributed by atoms with Gasteiger partial charge >= 0.3 is 5.97 Å². The average Bonchev–Trinajstić information content (AvgIpc) is 2.51. The van der Waals surface area contributed by atoms with Crippen LogP contribution in [-0.2, 0) is 4.79 Å². The van der Waals surface area contributed by atoms with Crippen molar-refractivity contribution in [2.24, 2.45) is 0 Å². The van der Waals surface area contributed by atoms with E-state index in [1.165, 1.54) is 29.2 Å². The number of hydrogen-bond acceptors (Lipinski definition) is 2. The molecule has 0 aliphatic carbocycles. The van der Waals surface area contributed by atoms with Crippen LogP contribution in [0.4, 0.5) is 4.39 Å². The highest BCUT2D eigenvalue weighted by Gasteiger charge is 2.42. The second-order valence-corrected chi connectivity index (χ2v) is 5.32. The first kappa shape index (κ1) is 14.3. The lowest BCUT2D eigenvalue weighted by molar-refractivity contribution is -0.140. The van der Waals surface area contributed by atoms with Gasteiger partial charge < -0.3 is 10.0 Å². The van der Waals surface area contributed by atoms with E-state index in [4.69, 9.17) is 0 Å². The number of carboxylic acid groups (broad SMARTS) is 1. The minimum Gasteiger partial charge on any atom is -0.481 e. The molecule has 0 spiro atoms. The summed E-state index contributed by atoms with van der Waals surface area (Å²) >= 11 is 0. The van der Waals surface area contributed by atoms with Crippen LogP contribution in [0.1, 0.15) is 33.4 Å². The largest absolute Gasteiger partial charge is 0.481 e. The predicted molar refractivity (Wildman–Crippen MR) is 78.1 cm³/mol. The van der Waals surface area contributed by atoms with Crippen molar-refractivity contribution in [3.05, 3.63) is 71.0 Å². The van der Waals surface area contributed by atoms with Crippen LogP contribution >= 0.6 is 0 Å². The molecule has 22 heavy (non-hydrogen) atoms. The summed E-state index contributed by atoms with van der Waals surface area (Å²) < 4.78 is 13.1. The number of halogens is 1. The maximum atomic E-state index is 13.1. The molecule has 1 aliphatic rings. The number of likely N-dealkylation sites (N-methyl/N-ethyl adjacent to an activating group) is 1. The molecule has 0 fully saturated rings. The highest BCUT2D eigenvalue weighted by atomic mass is 19.1. The van der Waals surface area contributed by atoms with Crippen LogP contribution in [0.15, 0.2) is 48.5 Å². The fourth-order valence-corrected chi connectivity index (χ4v) is 3.02. The molecule has 5 heteroatoms. The number of nitrogens with zero attached hydrogens (tertiary/aromatic N) is 1. The maximum Gasteiger partial charge on any atom is 0.313 e. The van der Waals surface area contributed by atoms with Crippen LogP contribution in [0.5, 0.6) is 0 Å². The van der Waals surface area contributed by atoms with Gasteiger partial charge in [0.2, 0.25) is 0 Å². The number of carboxylic acids is 1. The fourth-order valence-electron chi connectivity index (χ4n) is 3.02. The second-order valence-electron chi connectivity index (χ2n) is 5.32. The third-order valence-corrected chi connectivity index (χ3v) is 4.06. The molecule has 4 nitrogen and oxygen atoms in total. The summed E-state index contributed by atoms with van der Waals surface area (Å²) in [6.07, 6.45) is 0. The number of benzene rings is 2. The molecule has 0 radical (unpaired) electrons. The smallest absolute Gasteiger partial charge is 0.313 e. The quantitative estimate of drug-likeness (QED) is 0.927. The van der Waals surface area contributed by atoms with Crippen molar-refractivity contribution < 1.29 is 19.1 Å². The number of fused-ring (bicyclic) bond motifs is 1. The molecule has 0 unspecified atom stereocenters. The number of carbonyl (C=O) groups excluding carboxylic acids is 1. The Labute approximate surface area is 126 Å². The van der Waals surface area contributed by atoms with E-state index in [1.807, 2.05) is 0 Å². The van der Waals surface area contributed by atoms with Gasteiger partial charge in [-0.25, -0.2) is 4.39 Å². The van der Waals surface area contributed by atoms with E-state index in [1.54, 1.807) is 31.3 Å². The van der Waals surface area contributed by atoms with E-state index in [2.05, 4.69) is 0 Å². The third-order valence-electron chi connectivity index (χ3n) is 4.06. The second kappa shape index (κ2) is 5.26. The third kappa shape index (κ3) is 2.15. The molecule has 0 saturated heterocycles. The van der Waals surface area contributed by atoms with Gasteiger partial charge in [-0.1, -0.05) is 30.3 Å². The van der Waals surface area contributed by atoms with Gasteiger partial charge in [-0.2, -0.15) is 0 Å². The molecule has 1 amide bonds. The minimum absolute atomic E-state index is 0.234. The van der Waals surface area contributed by atoms with Crippen molar-refractivity contribution in [3.63, 3.8) is 0 Å². The van der Waals surface area contributed by atoms with E-state index in [-0.39, 0.29) is 5.91 Å². The molecular formula is C17H14FNO3. The van der Waals surface area contributed by atoms with E-state index in [0.717, 1.165) is 0 Å². The Morgan fingerprint density at radius 3 is 2.41 bits per heavy atom. The lowest BCUT2D eigenvalue weighted by Crippen LogP contribution is -2.42. The number of rotatable bonds is 2. The van der Waals surface area contributed by atoms with Gasteiger partial charge in [-0.05, 0) is 29.3 Å². The van der Waals surface area contributed by atoms with Crippen molar-refractivity contribution in [1.82, 2.24) is 4.90 Å². The molecule has 3 rings (SSSR count). The maximum absolute atomic E-state index is 13.1. The van der Waals surface area contributed by atoms with Crippen molar-refractivity contribution >= 4 is 11.9 Å². The molecule has 1 heterocycles. The Morgan fingerprint density at radius 1 is 1.14 bits per heavy atom. The highest BCUT2D eigenvalue weighted by Crippen LogP contribution is 2.41. The van der Waals surface area contributed by atoms with Crippen LogP contribution in [-0.4, -0.2) is 28.9 Å². The molecule has 0 bridgehead atoms. The first-order valence-electron chi connectivity index (χ1n) is 6.85. The standard InChI is InChI=1S/C17H14FNO3/c1-19-15(10-6-8-11(18)9-7-10)14(17(21)22)12-4-2-3-5-13(12)16(19)20/h2-9,14-15H,1H3,(H,21,22)/t14-,15+/m0/s1. The van der Waals surface area contributed by atoms with Crippen LogP contribution in [0.3, 0.4) is 0 Å². The highest BCUT2D eigenvalue weighted by molar-refractivity contribution is 6.00. The molecule has 1 N–H and O–H groups in total. The van der Waals surface area contributed by atoms with Crippen molar-refractivity contribution in [2.45, 2.75) is 12.0 Å². The van der Waals surface area contributed by atoms with Crippen LogP contribution in [0.25, 0.3) is 0 Å². The summed E-state index contributed by atoms with van der Waals surface area (Å²) in [5.74, 6) is -2.53. The SMILES string of the molecule is CN1C(=O)c2ccccc2[C@H](C(=O)O)[C@H]1c1ccc(F)cc1. The Bertz CT molecular complexity index is 742. The number of aliphatic carboxylic acids is 1. The number of carbonyl (C=O) groups is 2. The van der Waals surface area contributed by atoms with Gasteiger partial charge in [-0.3, -0.25) is 9.59 Å². The minimum atomic E-state index is -1.01. The van der Waals surface area contributed by atoms with E-state index in [0.29, 0.717) is 16.7 Å². The lowest BCUT2D eigenvalue weighted by Gasteiger charge is -2.38. The van der Waals surface area contributed by atoms with Crippen LogP contribution in [0.2, 0.25) is 0 Å². The van der Waals surface area contributed by atoms with E-state index in [9.17, 15) is 19.1 Å². The molecule has 2 aromatic rings. The summed E-state index contributed by atoms with van der Waals surface area (Å²) in [6, 6.07) is 11.6. The van der Waals surface area contributed by atoms with Gasteiger partial charge in [0.1, 0.15) is 11.7 Å². The molecule has 2 aromatic carbocycles. The van der Waals surface area contributed by atoms with Crippen LogP contribution < -0.4 is 0 Å². The number of amides is 1. The molecule has 0 aromatic heterocycles. The Kier molecular flexibility index (Phi) is 3.41. The molecule has 2 atom stereocenters. The summed E-state index contributed by atoms with van der Waals surface area (Å²) in [5, 5.41) is 9.66. The predicted octanol–water partition coefficient (Wildman–Crippen LogP) is 2.82. The van der Waals surface area contributed by atoms with Crippen molar-refractivity contribution in [3.8, 4) is 0 Å². The van der Waals surface area contributed by atoms with Crippen molar-refractivity contribution in [1.29, 1.82) is 0 Å². The topological polar surface area (TPSA) is 57.6 Å². The van der Waals surface area contributed by atoms with Gasteiger partial charge in [0.15, 0.2) is 0 Å². The Morgan fingerprint density at radius 2 is 1.77 bits per heavy atom. The molecule has 112 valence electrons. The van der Waals surface area contributed by atoms with Gasteiger partial charge in [0.05, 0.1) is 6.04 Å². The first-order valence-corrected chi connectivity index (χ1v) is 6.85. The van der Waals surface area contributed by atoms with E-state index < -0.39 is 23.7 Å². The molecule has 1 aliphatic heterocycles. The van der Waals surface area contributed by atoms with E-state index >= 15 is 0 Å². The first-order chi connectivity index (χ1) is 10.5. The summed E-state index contributed by atoms with van der Waals surface area (Å²) in [5.41, 5.74) is 1.49. The zero-order valence-corrected chi connectivity index (χ0v) is 11.9.